The maximum atomic E-state index is 14.3. The molecular weight excluding hydrogens is 703 g/mol. The molecule has 47 heavy (non-hydrogen) atoms. The Labute approximate surface area is 277 Å². The van der Waals surface area contributed by atoms with Gasteiger partial charge in [0.05, 0.1) is 23.2 Å². The van der Waals surface area contributed by atoms with Crippen molar-refractivity contribution in [2.24, 2.45) is 5.92 Å². The molecule has 0 bridgehead atoms. The molecule has 0 radical (unpaired) electrons. The number of ether oxygens (including phenoxy) is 2. The average Bonchev–Trinajstić information content (AvgIpc) is 3.40. The van der Waals surface area contributed by atoms with Gasteiger partial charge in [0.1, 0.15) is 30.7 Å². The van der Waals surface area contributed by atoms with Crippen LogP contribution in [0, 0.1) is 16.0 Å². The van der Waals surface area contributed by atoms with Crippen LogP contribution in [0.15, 0.2) is 75.4 Å². The lowest BCUT2D eigenvalue weighted by Crippen LogP contribution is -2.39. The predicted octanol–water partition coefficient (Wildman–Crippen LogP) is 4.41. The molecule has 0 aliphatic carbocycles. The number of esters is 1. The van der Waals surface area contributed by atoms with Gasteiger partial charge in [-0.25, -0.2) is 9.36 Å². The van der Waals surface area contributed by atoms with Crippen molar-refractivity contribution in [3.63, 3.8) is 0 Å². The van der Waals surface area contributed by atoms with Crippen molar-refractivity contribution >= 4 is 41.4 Å². The third kappa shape index (κ3) is 10.0. The molecule has 15 nitrogen and oxygen atoms in total. The Kier molecular flexibility index (Phi) is 12.4. The first-order valence-electron chi connectivity index (χ1n) is 14.5. The second kappa shape index (κ2) is 16.3. The molecule has 1 unspecified atom stereocenters. The van der Waals surface area contributed by atoms with Crippen LogP contribution in [0.4, 0.5) is 5.69 Å². The zero-order chi connectivity index (χ0) is 34.1. The fourth-order valence-corrected chi connectivity index (χ4v) is 6.46. The lowest BCUT2D eigenvalue weighted by atomic mass is 10.1. The minimum Gasteiger partial charge on any atom is -0.460 e. The molecule has 252 valence electrons. The Bertz CT molecular complexity index is 1730. The summed E-state index contributed by atoms with van der Waals surface area (Å²) in [4.78, 5) is 52.0. The Hall–Kier alpha value is -3.92. The van der Waals surface area contributed by atoms with E-state index in [1.165, 1.54) is 29.4 Å². The van der Waals surface area contributed by atoms with Crippen molar-refractivity contribution in [3.05, 3.63) is 108 Å². The third-order valence-electron chi connectivity index (χ3n) is 6.96. The van der Waals surface area contributed by atoms with Crippen molar-refractivity contribution in [2.75, 3.05) is 6.61 Å². The third-order valence-corrected chi connectivity index (χ3v) is 8.80. The predicted molar refractivity (Wildman–Crippen MR) is 174 cm³/mol. The van der Waals surface area contributed by atoms with E-state index >= 15 is 0 Å². The smallest absolute Gasteiger partial charge is 0.459 e. The summed E-state index contributed by atoms with van der Waals surface area (Å²) in [7, 11) is -4.49. The molecular formula is C30H34BrN4O11P. The van der Waals surface area contributed by atoms with Crippen molar-refractivity contribution < 1.29 is 37.9 Å². The normalized spacial score (nSPS) is 19.8. The van der Waals surface area contributed by atoms with E-state index in [1.54, 1.807) is 24.3 Å². The fourth-order valence-electron chi connectivity index (χ4n) is 4.66. The Morgan fingerprint density at radius 1 is 1.23 bits per heavy atom. The molecule has 5 atom stereocenters. The number of nitro groups is 1. The maximum Gasteiger partial charge on any atom is 0.459 e. The first-order chi connectivity index (χ1) is 22.4. The van der Waals surface area contributed by atoms with Crippen LogP contribution < -0.4 is 20.9 Å². The van der Waals surface area contributed by atoms with E-state index in [1.807, 2.05) is 19.9 Å². The summed E-state index contributed by atoms with van der Waals surface area (Å²) in [6, 6.07) is 12.6. The van der Waals surface area contributed by atoms with Gasteiger partial charge in [-0.1, -0.05) is 60.1 Å². The minimum atomic E-state index is -4.49. The lowest BCUT2D eigenvalue weighted by molar-refractivity contribution is -0.384. The lowest BCUT2D eigenvalue weighted by Gasteiger charge is -2.26. The fraction of sp³-hybridized carbons (Fsp3) is 0.367. The number of hydrogen-bond acceptors (Lipinski definition) is 11. The first-order valence-corrected chi connectivity index (χ1v) is 17.0. The van der Waals surface area contributed by atoms with Crippen LogP contribution >= 0.6 is 23.7 Å². The highest BCUT2D eigenvalue weighted by molar-refractivity contribution is 9.11. The SMILES string of the molecule is CC(C)C[C@H](NP(=O)(OC[C@H]1O[C@@H](n2cc(/C=C/Br)c(=O)[nH]c2=O)C[C@@H]1O)Oc1ccc([N+](=O)[O-])cc1)C(=O)OCc1ccccc1. The van der Waals surface area contributed by atoms with Crippen LogP contribution in [0.2, 0.25) is 0 Å². The van der Waals surface area contributed by atoms with Gasteiger partial charge in [-0.15, -0.1) is 0 Å². The van der Waals surface area contributed by atoms with Crippen molar-refractivity contribution in [1.82, 2.24) is 14.6 Å². The topological polar surface area (TPSA) is 201 Å². The van der Waals surface area contributed by atoms with Gasteiger partial charge in [0, 0.05) is 24.8 Å². The number of aromatic nitrogens is 2. The zero-order valence-corrected chi connectivity index (χ0v) is 27.9. The number of hydrogen-bond donors (Lipinski definition) is 3. The van der Waals surface area contributed by atoms with Gasteiger partial charge in [-0.3, -0.25) is 33.8 Å². The maximum absolute atomic E-state index is 14.3. The van der Waals surface area contributed by atoms with E-state index < -0.39 is 61.0 Å². The number of nitrogens with zero attached hydrogens (tertiary/aromatic N) is 2. The van der Waals surface area contributed by atoms with Crippen LogP contribution in [-0.2, 0) is 30.0 Å². The van der Waals surface area contributed by atoms with E-state index in [9.17, 15) is 34.2 Å². The number of nitrogens with one attached hydrogen (secondary N) is 2. The summed E-state index contributed by atoms with van der Waals surface area (Å²) in [5.41, 5.74) is -0.720. The number of carbonyl (C=O) groups is 1. The molecule has 0 amide bonds. The van der Waals surface area contributed by atoms with Gasteiger partial charge >= 0.3 is 19.4 Å². The molecule has 1 fully saturated rings. The summed E-state index contributed by atoms with van der Waals surface area (Å²) in [5, 5.41) is 24.6. The van der Waals surface area contributed by atoms with Gasteiger partial charge in [-0.05, 0) is 41.1 Å². The number of aliphatic hydroxyl groups excluding tert-OH is 1. The molecule has 2 heterocycles. The molecule has 1 aliphatic heterocycles. The number of non-ortho nitro benzene ring substituents is 1. The minimum absolute atomic E-state index is 0.0366. The quantitative estimate of drug-likeness (QED) is 0.0860. The highest BCUT2D eigenvalue weighted by Crippen LogP contribution is 2.46. The summed E-state index contributed by atoms with van der Waals surface area (Å²) in [6.07, 6.45) is -0.495. The number of nitro benzene ring substituents is 1. The highest BCUT2D eigenvalue weighted by Gasteiger charge is 2.40. The van der Waals surface area contributed by atoms with E-state index in [0.717, 1.165) is 22.3 Å². The van der Waals surface area contributed by atoms with E-state index in [2.05, 4.69) is 26.0 Å². The molecule has 0 spiro atoms. The largest absolute Gasteiger partial charge is 0.460 e. The van der Waals surface area contributed by atoms with E-state index in [0.29, 0.717) is 0 Å². The number of aliphatic hydroxyl groups is 1. The van der Waals surface area contributed by atoms with Crippen molar-refractivity contribution in [2.45, 2.75) is 57.8 Å². The summed E-state index contributed by atoms with van der Waals surface area (Å²) < 4.78 is 38.1. The van der Waals surface area contributed by atoms with Crippen molar-refractivity contribution in [1.29, 1.82) is 0 Å². The van der Waals surface area contributed by atoms with Crippen LogP contribution in [0.3, 0.4) is 0 Å². The molecule has 1 aromatic heterocycles. The average molecular weight is 737 g/mol. The van der Waals surface area contributed by atoms with Crippen molar-refractivity contribution in [3.8, 4) is 5.75 Å². The van der Waals surface area contributed by atoms with Gasteiger partial charge in [0.15, 0.2) is 0 Å². The Morgan fingerprint density at radius 3 is 2.57 bits per heavy atom. The number of carbonyl (C=O) groups excluding carboxylic acids is 1. The Morgan fingerprint density at radius 2 is 1.94 bits per heavy atom. The molecule has 3 aromatic rings. The molecule has 1 saturated heterocycles. The van der Waals surface area contributed by atoms with E-state index in [4.69, 9.17) is 18.5 Å². The second-order valence-electron chi connectivity index (χ2n) is 11.0. The van der Waals surface area contributed by atoms with Crippen LogP contribution in [0.5, 0.6) is 5.75 Å². The molecule has 4 rings (SSSR count). The monoisotopic (exact) mass is 736 g/mol. The van der Waals surface area contributed by atoms with Gasteiger partial charge in [0.2, 0.25) is 0 Å². The standard InChI is InChI=1S/C30H34BrN4O11P/c1-19(2)14-24(29(38)43-17-20-6-4-3-5-7-20)33-47(42,46-23-10-8-22(9-11-23)35(40)41)44-18-26-25(36)15-27(45-26)34-16-21(12-13-31)28(37)32-30(34)39/h3-13,16,19,24-27,36H,14-15,17-18H2,1-2H3,(H,33,42)(H,32,37,39)/b13-12+/t24-,25-,26+,27+,47?/m0/s1. The first kappa shape index (κ1) is 35.9. The number of rotatable bonds is 15. The number of H-pyrrole nitrogens is 1. The Balaban J connectivity index is 1.55. The zero-order valence-electron chi connectivity index (χ0n) is 25.4. The van der Waals surface area contributed by atoms with Gasteiger partial charge < -0.3 is 19.1 Å². The number of aromatic amines is 1. The van der Waals surface area contributed by atoms with Crippen LogP contribution in [-0.4, -0.2) is 50.4 Å². The molecule has 3 N–H and O–H groups in total. The molecule has 0 saturated carbocycles. The summed E-state index contributed by atoms with van der Waals surface area (Å²) >= 11 is 3.08. The molecule has 2 aromatic carbocycles. The highest BCUT2D eigenvalue weighted by atomic mass is 79.9. The van der Waals surface area contributed by atoms with E-state index in [-0.39, 0.29) is 42.4 Å². The van der Waals surface area contributed by atoms with Gasteiger partial charge in [-0.2, -0.15) is 5.09 Å². The van der Waals surface area contributed by atoms with Gasteiger partial charge in [0.25, 0.3) is 11.2 Å². The summed E-state index contributed by atoms with van der Waals surface area (Å²) in [6.45, 7) is 3.14. The number of benzene rings is 2. The number of halogens is 1. The summed E-state index contributed by atoms with van der Waals surface area (Å²) in [5.74, 6) is -0.850. The molecule has 1 aliphatic rings. The van der Waals surface area contributed by atoms with Crippen LogP contribution in [0.25, 0.3) is 6.08 Å². The van der Waals surface area contributed by atoms with Crippen LogP contribution in [0.1, 0.15) is 44.0 Å². The molecule has 17 heteroatoms. The second-order valence-corrected chi connectivity index (χ2v) is 13.2.